The molecule has 0 spiro atoms. The highest BCUT2D eigenvalue weighted by Crippen LogP contribution is 2.08. The fourth-order valence-electron chi connectivity index (χ4n) is 0. The van der Waals surface area contributed by atoms with Gasteiger partial charge in [0.05, 0.1) is 0 Å². The van der Waals surface area contributed by atoms with Crippen molar-refractivity contribution >= 4 is 48.9 Å². The van der Waals surface area contributed by atoms with E-state index in [1.54, 1.807) is 0 Å². The Kier molecular flexibility index (Phi) is 3.65. The highest BCUT2D eigenvalue weighted by Gasteiger charge is 1.95. The van der Waals surface area contributed by atoms with E-state index in [4.69, 9.17) is 12.2 Å². The maximum atomic E-state index is 4.73. The first kappa shape index (κ1) is 7.05. The number of rotatable bonds is 1. The lowest BCUT2D eigenvalue weighted by Crippen LogP contribution is -1.94. The zero-order chi connectivity index (χ0) is 5.15. The summed E-state index contributed by atoms with van der Waals surface area (Å²) >= 11 is 11.2. The standard InChI is InChI=1S/C3H4Br2S/c1-2(6)3(4)5/h3H,1H3. The molecule has 0 heterocycles. The quantitative estimate of drug-likeness (QED) is 0.494. The predicted octanol–water partition coefficient (Wildman–Crippen LogP) is 2.49. The van der Waals surface area contributed by atoms with E-state index >= 15 is 0 Å². The van der Waals surface area contributed by atoms with Crippen molar-refractivity contribution in [2.75, 3.05) is 0 Å². The summed E-state index contributed by atoms with van der Waals surface area (Å²) in [7, 11) is 0. The number of hydrogen-bond acceptors (Lipinski definition) is 1. The zero-order valence-electron chi connectivity index (χ0n) is 3.24. The van der Waals surface area contributed by atoms with E-state index in [9.17, 15) is 0 Å². The van der Waals surface area contributed by atoms with Crippen molar-refractivity contribution in [1.82, 2.24) is 0 Å². The molecule has 0 atom stereocenters. The molecule has 0 bridgehead atoms. The molecule has 0 saturated carbocycles. The normalized spacial score (nSPS) is 9.33. The molecule has 0 nitrogen and oxygen atoms in total. The smallest absolute Gasteiger partial charge is 0.0878 e. The highest BCUT2D eigenvalue weighted by atomic mass is 79.9. The van der Waals surface area contributed by atoms with E-state index in [1.165, 1.54) is 0 Å². The largest absolute Gasteiger partial charge is 0.100 e. The molecule has 0 rings (SSSR count). The molecule has 0 amide bonds. The Balaban J connectivity index is 3.26. The van der Waals surface area contributed by atoms with Crippen molar-refractivity contribution in [3.05, 3.63) is 0 Å². The van der Waals surface area contributed by atoms with Gasteiger partial charge in [0.15, 0.2) is 0 Å². The van der Waals surface area contributed by atoms with Crippen LogP contribution in [0.15, 0.2) is 0 Å². The first-order valence-corrected chi connectivity index (χ1v) is 3.67. The van der Waals surface area contributed by atoms with Crippen molar-refractivity contribution in [2.24, 2.45) is 0 Å². The molecule has 0 aliphatic rings. The summed E-state index contributed by atoms with van der Waals surface area (Å²) in [5.74, 6) is 0. The number of thiocarbonyl (C=S) groups is 1. The second kappa shape index (κ2) is 3.10. The molecular formula is C3H4Br2S. The molecule has 0 aromatic rings. The third-order valence-corrected chi connectivity index (χ3v) is 2.52. The van der Waals surface area contributed by atoms with Crippen LogP contribution in [0.4, 0.5) is 0 Å². The Morgan fingerprint density at radius 2 is 1.83 bits per heavy atom. The highest BCUT2D eigenvalue weighted by molar-refractivity contribution is 9.25. The Morgan fingerprint density at radius 1 is 1.67 bits per heavy atom. The van der Waals surface area contributed by atoms with Crippen LogP contribution in [0.25, 0.3) is 0 Å². The van der Waals surface area contributed by atoms with Crippen molar-refractivity contribution < 1.29 is 0 Å². The van der Waals surface area contributed by atoms with Gasteiger partial charge in [-0.2, -0.15) is 0 Å². The van der Waals surface area contributed by atoms with E-state index in [2.05, 4.69) is 31.9 Å². The predicted molar refractivity (Wildman–Crippen MR) is 39.9 cm³/mol. The minimum atomic E-state index is 0.208. The molecule has 3 heteroatoms. The molecule has 0 fully saturated rings. The number of alkyl halides is 2. The van der Waals surface area contributed by atoms with Crippen molar-refractivity contribution in [3.63, 3.8) is 0 Å². The van der Waals surface area contributed by atoms with Gasteiger partial charge in [0.25, 0.3) is 0 Å². The summed E-state index contributed by atoms with van der Waals surface area (Å²) in [5.41, 5.74) is 0. The lowest BCUT2D eigenvalue weighted by molar-refractivity contribution is 1.83. The third-order valence-electron chi connectivity index (χ3n) is 0.307. The monoisotopic (exact) mass is 230 g/mol. The molecule has 0 unspecified atom stereocenters. The summed E-state index contributed by atoms with van der Waals surface area (Å²) in [6.45, 7) is 1.88. The Hall–Kier alpha value is 1.05. The van der Waals surface area contributed by atoms with Gasteiger partial charge >= 0.3 is 0 Å². The van der Waals surface area contributed by atoms with Crippen LogP contribution >= 0.6 is 44.1 Å². The lowest BCUT2D eigenvalue weighted by atomic mass is 10.6. The average Bonchev–Trinajstić information content (AvgIpc) is 1.36. The van der Waals surface area contributed by atoms with Gasteiger partial charge in [-0.1, -0.05) is 44.1 Å². The summed E-state index contributed by atoms with van der Waals surface area (Å²) in [6, 6.07) is 0. The Bertz CT molecular complexity index is 59.8. The van der Waals surface area contributed by atoms with Crippen LogP contribution in [0.5, 0.6) is 0 Å². The minimum absolute atomic E-state index is 0.208. The van der Waals surface area contributed by atoms with Gasteiger partial charge in [0.1, 0.15) is 3.74 Å². The Morgan fingerprint density at radius 3 is 1.83 bits per heavy atom. The molecule has 0 radical (unpaired) electrons. The molecule has 0 aromatic heterocycles. The van der Waals surface area contributed by atoms with Gasteiger partial charge in [-0.25, -0.2) is 0 Å². The molecular weight excluding hydrogens is 228 g/mol. The van der Waals surface area contributed by atoms with Crippen LogP contribution < -0.4 is 0 Å². The van der Waals surface area contributed by atoms with Gasteiger partial charge in [-0.05, 0) is 6.92 Å². The molecule has 36 valence electrons. The van der Waals surface area contributed by atoms with E-state index in [1.807, 2.05) is 6.92 Å². The van der Waals surface area contributed by atoms with Gasteiger partial charge in [-0.3, -0.25) is 0 Å². The fourth-order valence-corrected chi connectivity index (χ4v) is 0. The molecule has 0 aliphatic carbocycles. The van der Waals surface area contributed by atoms with Crippen molar-refractivity contribution in [2.45, 2.75) is 10.7 Å². The van der Waals surface area contributed by atoms with Gasteiger partial charge in [0, 0.05) is 4.86 Å². The zero-order valence-corrected chi connectivity index (χ0v) is 7.23. The molecule has 0 aromatic carbocycles. The third kappa shape index (κ3) is 3.25. The van der Waals surface area contributed by atoms with Crippen LogP contribution in [0, 0.1) is 0 Å². The SMILES string of the molecule is CC(=S)C(Br)Br. The van der Waals surface area contributed by atoms with E-state index in [-0.39, 0.29) is 3.74 Å². The summed E-state index contributed by atoms with van der Waals surface area (Å²) in [5, 5.41) is 0. The summed E-state index contributed by atoms with van der Waals surface area (Å²) < 4.78 is 0.208. The number of hydrogen-bond donors (Lipinski definition) is 0. The van der Waals surface area contributed by atoms with E-state index in [0.29, 0.717) is 0 Å². The van der Waals surface area contributed by atoms with Crippen LogP contribution in [-0.2, 0) is 0 Å². The average molecular weight is 232 g/mol. The van der Waals surface area contributed by atoms with Gasteiger partial charge < -0.3 is 0 Å². The number of halogens is 2. The van der Waals surface area contributed by atoms with Crippen LogP contribution in [-0.4, -0.2) is 8.60 Å². The first-order valence-electron chi connectivity index (χ1n) is 1.43. The maximum absolute atomic E-state index is 4.73. The Labute approximate surface area is 59.6 Å². The van der Waals surface area contributed by atoms with Crippen molar-refractivity contribution in [3.8, 4) is 0 Å². The second-order valence-corrected chi connectivity index (χ2v) is 4.62. The van der Waals surface area contributed by atoms with Crippen LogP contribution in [0.2, 0.25) is 0 Å². The molecule has 0 aliphatic heterocycles. The minimum Gasteiger partial charge on any atom is -0.0878 e. The van der Waals surface area contributed by atoms with Crippen LogP contribution in [0.1, 0.15) is 6.92 Å². The second-order valence-electron chi connectivity index (χ2n) is 0.911. The lowest BCUT2D eigenvalue weighted by Gasteiger charge is -1.90. The van der Waals surface area contributed by atoms with E-state index in [0.717, 1.165) is 4.86 Å². The molecule has 0 saturated heterocycles. The molecule has 6 heavy (non-hydrogen) atoms. The first-order chi connectivity index (χ1) is 2.64. The van der Waals surface area contributed by atoms with Crippen LogP contribution in [0.3, 0.4) is 0 Å². The molecule has 0 N–H and O–H groups in total. The fraction of sp³-hybridized carbons (Fsp3) is 0.667. The summed E-state index contributed by atoms with van der Waals surface area (Å²) in [4.78, 5) is 0.926. The van der Waals surface area contributed by atoms with Crippen molar-refractivity contribution in [1.29, 1.82) is 0 Å². The van der Waals surface area contributed by atoms with Gasteiger partial charge in [-0.15, -0.1) is 0 Å². The van der Waals surface area contributed by atoms with Gasteiger partial charge in [0.2, 0.25) is 0 Å². The summed E-state index contributed by atoms with van der Waals surface area (Å²) in [6.07, 6.45) is 0. The van der Waals surface area contributed by atoms with E-state index < -0.39 is 0 Å². The topological polar surface area (TPSA) is 0 Å². The maximum Gasteiger partial charge on any atom is 0.100 e.